The van der Waals surface area contributed by atoms with E-state index >= 15 is 0 Å². The molecule has 0 bridgehead atoms. The number of benzene rings is 2. The van der Waals surface area contributed by atoms with E-state index in [2.05, 4.69) is 15.7 Å². The van der Waals surface area contributed by atoms with Crippen molar-refractivity contribution in [3.05, 3.63) is 78.1 Å². The zero-order valence-electron chi connectivity index (χ0n) is 16.4. The average Bonchev–Trinajstić information content (AvgIpc) is 3.23. The third-order valence-electron chi connectivity index (χ3n) is 4.14. The molecule has 2 aromatic carbocycles. The second-order valence-electron chi connectivity index (χ2n) is 6.09. The van der Waals surface area contributed by atoms with E-state index in [-0.39, 0.29) is 11.4 Å². The zero-order valence-corrected chi connectivity index (χ0v) is 16.4. The van der Waals surface area contributed by atoms with Gasteiger partial charge in [-0.3, -0.25) is 10.1 Å². The second-order valence-corrected chi connectivity index (χ2v) is 6.09. The van der Waals surface area contributed by atoms with Crippen molar-refractivity contribution in [3.8, 4) is 11.4 Å². The summed E-state index contributed by atoms with van der Waals surface area (Å²) in [5, 5.41) is 8.64. The zero-order chi connectivity index (χ0) is 21.5. The molecule has 0 radical (unpaired) electrons. The van der Waals surface area contributed by atoms with E-state index in [1.165, 1.54) is 25.0 Å². The van der Waals surface area contributed by atoms with Crippen molar-refractivity contribution >= 4 is 17.9 Å². The van der Waals surface area contributed by atoms with Crippen LogP contribution in [-0.4, -0.2) is 41.8 Å². The topological polar surface area (TPSA) is 112 Å². The number of hydrogen-bond acceptors (Lipinski definition) is 6. The average molecular weight is 408 g/mol. The number of methoxy groups -OCH3 is 1. The molecule has 154 valence electrons. The first-order chi connectivity index (χ1) is 14.5. The minimum absolute atomic E-state index is 0.102. The molecule has 1 aromatic heterocycles. The monoisotopic (exact) mass is 408 g/mol. The third kappa shape index (κ3) is 4.64. The van der Waals surface area contributed by atoms with Gasteiger partial charge in [-0.15, -0.1) is 0 Å². The number of carbonyl (C=O) groups excluding carboxylic acids is 3. The summed E-state index contributed by atoms with van der Waals surface area (Å²) in [6.07, 6.45) is 0.177. The van der Waals surface area contributed by atoms with Crippen LogP contribution in [0.5, 0.6) is 5.75 Å². The Kier molecular flexibility index (Phi) is 6.43. The molecule has 9 nitrogen and oxygen atoms in total. The van der Waals surface area contributed by atoms with Crippen LogP contribution in [-0.2, 0) is 9.53 Å². The number of imide groups is 1. The number of rotatable bonds is 6. The maximum absolute atomic E-state index is 12.9. The Bertz CT molecular complexity index is 1030. The molecule has 3 rings (SSSR count). The van der Waals surface area contributed by atoms with Crippen molar-refractivity contribution in [2.24, 2.45) is 0 Å². The van der Waals surface area contributed by atoms with Crippen LogP contribution in [0.1, 0.15) is 22.2 Å². The number of nitrogens with one attached hydrogen (secondary N) is 2. The molecule has 3 amide bonds. The highest BCUT2D eigenvalue weighted by Crippen LogP contribution is 2.24. The molecule has 0 fully saturated rings. The number of hydrogen-bond donors (Lipinski definition) is 2. The van der Waals surface area contributed by atoms with E-state index in [4.69, 9.17) is 9.47 Å². The predicted molar refractivity (Wildman–Crippen MR) is 107 cm³/mol. The molecular formula is C21H20N4O5. The third-order valence-corrected chi connectivity index (χ3v) is 4.14. The molecule has 2 N–H and O–H groups in total. The number of aromatic nitrogens is 2. The van der Waals surface area contributed by atoms with Crippen molar-refractivity contribution in [2.75, 3.05) is 14.2 Å². The van der Waals surface area contributed by atoms with Crippen LogP contribution in [0, 0.1) is 0 Å². The molecule has 0 spiro atoms. The molecule has 0 saturated carbocycles. The smallest absolute Gasteiger partial charge is 0.363 e. The second kappa shape index (κ2) is 9.37. The van der Waals surface area contributed by atoms with Crippen molar-refractivity contribution < 1.29 is 23.9 Å². The summed E-state index contributed by atoms with van der Waals surface area (Å²) in [5.41, 5.74) is 1.01. The van der Waals surface area contributed by atoms with E-state index in [0.29, 0.717) is 11.3 Å². The molecular weight excluding hydrogens is 388 g/mol. The Morgan fingerprint density at radius 2 is 1.63 bits per heavy atom. The van der Waals surface area contributed by atoms with Crippen molar-refractivity contribution in [1.82, 2.24) is 20.4 Å². The Balaban J connectivity index is 1.89. The number of carbonyl (C=O) groups is 3. The van der Waals surface area contributed by atoms with Gasteiger partial charge in [-0.2, -0.15) is 5.10 Å². The van der Waals surface area contributed by atoms with Gasteiger partial charge in [0.15, 0.2) is 5.75 Å². The number of amides is 3. The van der Waals surface area contributed by atoms with E-state index in [1.807, 2.05) is 30.3 Å². The van der Waals surface area contributed by atoms with Crippen molar-refractivity contribution in [2.45, 2.75) is 6.10 Å². The van der Waals surface area contributed by atoms with Crippen LogP contribution < -0.4 is 15.4 Å². The van der Waals surface area contributed by atoms with Crippen molar-refractivity contribution in [1.29, 1.82) is 0 Å². The summed E-state index contributed by atoms with van der Waals surface area (Å²) in [6.45, 7) is 0. The van der Waals surface area contributed by atoms with Gasteiger partial charge in [-0.25, -0.2) is 14.3 Å². The van der Waals surface area contributed by atoms with Crippen LogP contribution in [0.15, 0.2) is 66.9 Å². The Hall–Kier alpha value is -4.14. The van der Waals surface area contributed by atoms with Crippen LogP contribution in [0.25, 0.3) is 5.69 Å². The van der Waals surface area contributed by atoms with Gasteiger partial charge in [-0.1, -0.05) is 48.5 Å². The van der Waals surface area contributed by atoms with Crippen LogP contribution in [0.2, 0.25) is 0 Å². The van der Waals surface area contributed by atoms with Crippen molar-refractivity contribution in [3.63, 3.8) is 0 Å². The van der Waals surface area contributed by atoms with Gasteiger partial charge in [0.25, 0.3) is 5.91 Å². The van der Waals surface area contributed by atoms with Gasteiger partial charge in [0, 0.05) is 12.6 Å². The van der Waals surface area contributed by atoms with E-state index in [0.717, 1.165) is 0 Å². The lowest BCUT2D eigenvalue weighted by atomic mass is 10.1. The van der Waals surface area contributed by atoms with Gasteiger partial charge in [0.05, 0.1) is 19.0 Å². The minimum atomic E-state index is -1.36. The molecule has 30 heavy (non-hydrogen) atoms. The van der Waals surface area contributed by atoms with E-state index in [1.54, 1.807) is 30.3 Å². The Morgan fingerprint density at radius 3 is 2.23 bits per heavy atom. The molecule has 0 aliphatic rings. The molecule has 0 aliphatic carbocycles. The van der Waals surface area contributed by atoms with Gasteiger partial charge in [0.1, 0.15) is 0 Å². The number of urea groups is 1. The molecule has 0 saturated heterocycles. The highest BCUT2D eigenvalue weighted by atomic mass is 16.6. The minimum Gasteiger partial charge on any atom is -0.493 e. The summed E-state index contributed by atoms with van der Waals surface area (Å²) < 4.78 is 12.2. The van der Waals surface area contributed by atoms with Gasteiger partial charge >= 0.3 is 12.0 Å². The lowest BCUT2D eigenvalue weighted by molar-refractivity contribution is -0.129. The standard InChI is InChI=1S/C21H20N4O5/c1-22-21(28)23-19(26)18(14-9-5-3-6-10-14)30-20(27)17-16(29-2)13-25(24-17)15-11-7-4-8-12-15/h3-13,18H,1-2H3,(H2,22,23,26,28)/t18-/m1/s1. The van der Waals surface area contributed by atoms with Gasteiger partial charge in [0.2, 0.25) is 11.8 Å². The SMILES string of the molecule is CNC(=O)NC(=O)[C@H](OC(=O)c1nn(-c2ccccc2)cc1OC)c1ccccc1. The molecule has 0 aliphatic heterocycles. The van der Waals surface area contributed by atoms with Crippen LogP contribution in [0.3, 0.4) is 0 Å². The summed E-state index contributed by atoms with van der Waals surface area (Å²) in [5.74, 6) is -1.49. The van der Waals surface area contributed by atoms with E-state index in [9.17, 15) is 14.4 Å². The maximum atomic E-state index is 12.9. The quantitative estimate of drug-likeness (QED) is 0.605. The van der Waals surface area contributed by atoms with E-state index < -0.39 is 24.0 Å². The molecule has 3 aromatic rings. The highest BCUT2D eigenvalue weighted by molar-refractivity contribution is 5.99. The summed E-state index contributed by atoms with van der Waals surface area (Å²) in [4.78, 5) is 37.0. The van der Waals surface area contributed by atoms with Gasteiger partial charge < -0.3 is 14.8 Å². The first-order valence-electron chi connectivity index (χ1n) is 9.01. The maximum Gasteiger partial charge on any atom is 0.363 e. The predicted octanol–water partition coefficient (Wildman–Crippen LogP) is 2.23. The first-order valence-corrected chi connectivity index (χ1v) is 9.01. The molecule has 0 unspecified atom stereocenters. The lowest BCUT2D eigenvalue weighted by Crippen LogP contribution is -2.41. The number of para-hydroxylation sites is 1. The highest BCUT2D eigenvalue weighted by Gasteiger charge is 2.29. The fourth-order valence-electron chi connectivity index (χ4n) is 2.67. The molecule has 1 heterocycles. The van der Waals surface area contributed by atoms with Gasteiger partial charge in [-0.05, 0) is 12.1 Å². The molecule has 1 atom stereocenters. The normalized spacial score (nSPS) is 11.3. The number of esters is 1. The molecule has 9 heteroatoms. The fourth-order valence-corrected chi connectivity index (χ4v) is 2.67. The summed E-state index contributed by atoms with van der Waals surface area (Å²) in [6, 6.07) is 16.8. The summed E-state index contributed by atoms with van der Waals surface area (Å²) in [7, 11) is 2.77. The summed E-state index contributed by atoms with van der Waals surface area (Å²) >= 11 is 0. The number of nitrogens with zero attached hydrogens (tertiary/aromatic N) is 2. The fraction of sp³-hybridized carbons (Fsp3) is 0.143. The Labute approximate surface area is 172 Å². The Morgan fingerprint density at radius 1 is 1.00 bits per heavy atom. The number of ether oxygens (including phenoxy) is 2. The first kappa shape index (κ1) is 20.6. The van der Waals surface area contributed by atoms with Crippen LogP contribution >= 0.6 is 0 Å². The largest absolute Gasteiger partial charge is 0.493 e. The van der Waals surface area contributed by atoms with Crippen LogP contribution in [0.4, 0.5) is 4.79 Å². The lowest BCUT2D eigenvalue weighted by Gasteiger charge is -2.17.